The van der Waals surface area contributed by atoms with Crippen molar-refractivity contribution in [2.24, 2.45) is 5.41 Å². The van der Waals surface area contributed by atoms with E-state index in [0.29, 0.717) is 35.3 Å². The van der Waals surface area contributed by atoms with Crippen molar-refractivity contribution in [2.45, 2.75) is 47.5 Å². The number of carbonyl (C=O) groups excluding carboxylic acids is 2. The Morgan fingerprint density at radius 3 is 2.28 bits per heavy atom. The minimum atomic E-state index is -0.485. The molecule has 1 heterocycles. The number of nitrogens with one attached hydrogen (secondary N) is 1. The summed E-state index contributed by atoms with van der Waals surface area (Å²) in [6, 6.07) is 13.1. The van der Waals surface area contributed by atoms with E-state index in [-0.39, 0.29) is 16.8 Å². The fraction of sp³-hybridized carbons (Fsp3) is 0.296. The quantitative estimate of drug-likeness (QED) is 0.626. The molecular weight excluding hydrogens is 400 g/mol. The van der Waals surface area contributed by atoms with Crippen molar-refractivity contribution in [1.29, 1.82) is 0 Å². The number of pyridine rings is 1. The van der Waals surface area contributed by atoms with Crippen LogP contribution in [0.15, 0.2) is 53.5 Å². The number of Topliss-reactive ketones (excluding diaryl/α,β-unsaturated/α-hetero) is 1. The van der Waals surface area contributed by atoms with E-state index < -0.39 is 11.5 Å². The van der Waals surface area contributed by atoms with Gasteiger partial charge in [-0.1, -0.05) is 37.6 Å². The highest BCUT2D eigenvalue weighted by atomic mass is 16.2. The largest absolute Gasteiger partial charge is 0.322 e. The summed E-state index contributed by atoms with van der Waals surface area (Å²) >= 11 is 0. The van der Waals surface area contributed by atoms with Crippen LogP contribution in [0.1, 0.15) is 63.2 Å². The third-order valence-electron chi connectivity index (χ3n) is 6.22. The van der Waals surface area contributed by atoms with E-state index in [1.54, 1.807) is 6.20 Å². The van der Waals surface area contributed by atoms with Crippen LogP contribution in [0.25, 0.3) is 5.69 Å². The molecule has 1 aromatic heterocycles. The highest BCUT2D eigenvalue weighted by Gasteiger charge is 2.36. The first-order chi connectivity index (χ1) is 15.1. The van der Waals surface area contributed by atoms with Crippen LogP contribution in [-0.4, -0.2) is 16.3 Å². The minimum absolute atomic E-state index is 0.0439. The monoisotopic (exact) mass is 428 g/mol. The smallest absolute Gasteiger partial charge is 0.268 e. The van der Waals surface area contributed by atoms with Crippen molar-refractivity contribution < 1.29 is 9.59 Å². The van der Waals surface area contributed by atoms with Crippen LogP contribution in [-0.2, 0) is 6.42 Å². The number of aromatic nitrogens is 1. The van der Waals surface area contributed by atoms with Crippen LogP contribution in [0.5, 0.6) is 0 Å². The lowest BCUT2D eigenvalue weighted by Gasteiger charge is -2.31. The average Bonchev–Trinajstić information content (AvgIpc) is 2.70. The first kappa shape index (κ1) is 21.8. The Balaban J connectivity index is 1.89. The normalized spacial score (nSPS) is 14.7. The maximum absolute atomic E-state index is 13.6. The average molecular weight is 429 g/mol. The van der Waals surface area contributed by atoms with E-state index in [0.717, 1.165) is 16.7 Å². The summed E-state index contributed by atoms with van der Waals surface area (Å²) < 4.78 is 1.42. The third kappa shape index (κ3) is 4.03. The van der Waals surface area contributed by atoms with Gasteiger partial charge in [-0.05, 0) is 73.6 Å². The Morgan fingerprint density at radius 1 is 0.938 bits per heavy atom. The molecule has 0 aliphatic heterocycles. The highest BCUT2D eigenvalue weighted by molar-refractivity contribution is 6.08. The fourth-order valence-corrected chi connectivity index (χ4v) is 4.29. The van der Waals surface area contributed by atoms with Crippen molar-refractivity contribution in [3.63, 3.8) is 0 Å². The lowest BCUT2D eigenvalue weighted by atomic mass is 9.73. The van der Waals surface area contributed by atoms with Crippen molar-refractivity contribution in [3.05, 3.63) is 92.4 Å². The predicted octanol–water partition coefficient (Wildman–Crippen LogP) is 5.17. The third-order valence-corrected chi connectivity index (χ3v) is 6.22. The van der Waals surface area contributed by atoms with Gasteiger partial charge in [-0.3, -0.25) is 19.0 Å². The molecule has 0 spiro atoms. The maximum Gasteiger partial charge on any atom is 0.268 e. The molecule has 0 fully saturated rings. The molecule has 0 bridgehead atoms. The summed E-state index contributed by atoms with van der Waals surface area (Å²) in [4.78, 5) is 40.0. The molecule has 1 aliphatic carbocycles. The van der Waals surface area contributed by atoms with Gasteiger partial charge in [0.15, 0.2) is 5.78 Å². The van der Waals surface area contributed by atoms with Gasteiger partial charge in [-0.2, -0.15) is 0 Å². The summed E-state index contributed by atoms with van der Waals surface area (Å²) in [5.74, 6) is -0.529. The van der Waals surface area contributed by atoms with Crippen LogP contribution in [0.2, 0.25) is 0 Å². The number of rotatable bonds is 3. The number of anilines is 1. The van der Waals surface area contributed by atoms with Crippen molar-refractivity contribution in [1.82, 2.24) is 4.57 Å². The minimum Gasteiger partial charge on any atom is -0.322 e. The second-order valence-electron chi connectivity index (χ2n) is 9.60. The summed E-state index contributed by atoms with van der Waals surface area (Å²) in [5, 5.41) is 2.88. The summed E-state index contributed by atoms with van der Waals surface area (Å²) in [5.41, 5.74) is 4.78. The molecule has 164 valence electrons. The van der Waals surface area contributed by atoms with E-state index >= 15 is 0 Å². The molecule has 1 aliphatic rings. The van der Waals surface area contributed by atoms with Gasteiger partial charge in [0.2, 0.25) is 0 Å². The second kappa shape index (κ2) is 7.90. The molecule has 1 amide bonds. The first-order valence-electron chi connectivity index (χ1n) is 10.8. The van der Waals surface area contributed by atoms with E-state index in [2.05, 4.69) is 5.32 Å². The first-order valence-corrected chi connectivity index (χ1v) is 10.8. The topological polar surface area (TPSA) is 68.2 Å². The number of amides is 1. The van der Waals surface area contributed by atoms with Crippen LogP contribution in [0, 0.1) is 26.2 Å². The Morgan fingerprint density at radius 2 is 1.62 bits per heavy atom. The molecule has 0 unspecified atom stereocenters. The summed E-state index contributed by atoms with van der Waals surface area (Å²) in [7, 11) is 0. The maximum atomic E-state index is 13.6. The molecule has 0 radical (unpaired) electrons. The van der Waals surface area contributed by atoms with Gasteiger partial charge in [-0.15, -0.1) is 0 Å². The zero-order valence-corrected chi connectivity index (χ0v) is 19.2. The number of nitrogens with zero attached hydrogens (tertiary/aromatic N) is 1. The van der Waals surface area contributed by atoms with Crippen LogP contribution in [0.4, 0.5) is 5.69 Å². The Labute approximate surface area is 188 Å². The number of benzene rings is 2. The molecule has 0 saturated carbocycles. The molecule has 4 rings (SSSR count). The zero-order valence-electron chi connectivity index (χ0n) is 19.2. The molecule has 3 aromatic rings. The van der Waals surface area contributed by atoms with Gasteiger partial charge in [0.25, 0.3) is 11.5 Å². The SMILES string of the molecule is Cc1ccc(-n2cc3c(c(C(=O)Nc4ccc(C)c(C)c4)c2=O)CC(C)(C)CC3=O)cc1. The number of carbonyl (C=O) groups is 2. The van der Waals surface area contributed by atoms with Crippen LogP contribution in [0.3, 0.4) is 0 Å². The van der Waals surface area contributed by atoms with Crippen molar-refractivity contribution in [2.75, 3.05) is 5.32 Å². The molecule has 32 heavy (non-hydrogen) atoms. The molecule has 2 aromatic carbocycles. The van der Waals surface area contributed by atoms with Crippen LogP contribution >= 0.6 is 0 Å². The molecule has 5 nitrogen and oxygen atoms in total. The van der Waals surface area contributed by atoms with Crippen molar-refractivity contribution >= 4 is 17.4 Å². The van der Waals surface area contributed by atoms with Gasteiger partial charge in [0.1, 0.15) is 5.56 Å². The van der Waals surface area contributed by atoms with Gasteiger partial charge in [0, 0.05) is 29.6 Å². The number of fused-ring (bicyclic) bond motifs is 1. The van der Waals surface area contributed by atoms with Gasteiger partial charge >= 0.3 is 0 Å². The Hall–Kier alpha value is -3.47. The Bertz CT molecular complexity index is 1300. The standard InChI is InChI=1S/C27H28N2O3/c1-16-6-10-20(11-7-16)29-15-22-21(13-27(4,5)14-23(22)30)24(26(29)32)25(31)28-19-9-8-17(2)18(3)12-19/h6-12,15H,13-14H2,1-5H3,(H,28,31). The van der Waals surface area contributed by atoms with E-state index in [1.807, 2.05) is 77.1 Å². The number of aryl methyl sites for hydroxylation is 3. The predicted molar refractivity (Wildman–Crippen MR) is 127 cm³/mol. The van der Waals surface area contributed by atoms with Gasteiger partial charge in [0.05, 0.1) is 0 Å². The second-order valence-corrected chi connectivity index (χ2v) is 9.60. The number of hydrogen-bond acceptors (Lipinski definition) is 3. The fourth-order valence-electron chi connectivity index (χ4n) is 4.29. The van der Waals surface area contributed by atoms with E-state index in [1.165, 1.54) is 4.57 Å². The number of ketones is 1. The summed E-state index contributed by atoms with van der Waals surface area (Å²) in [6.45, 7) is 9.92. The molecule has 1 N–H and O–H groups in total. The lowest BCUT2D eigenvalue weighted by molar-refractivity contribution is 0.0910. The van der Waals surface area contributed by atoms with E-state index in [4.69, 9.17) is 0 Å². The Kier molecular flexibility index (Phi) is 5.37. The molecule has 5 heteroatoms. The van der Waals surface area contributed by atoms with Gasteiger partial charge in [-0.25, -0.2) is 0 Å². The molecular formula is C27H28N2O3. The zero-order chi connectivity index (χ0) is 23.2. The van der Waals surface area contributed by atoms with E-state index in [9.17, 15) is 14.4 Å². The van der Waals surface area contributed by atoms with Crippen molar-refractivity contribution in [3.8, 4) is 5.69 Å². The number of hydrogen-bond donors (Lipinski definition) is 1. The highest BCUT2D eigenvalue weighted by Crippen LogP contribution is 2.36. The summed E-state index contributed by atoms with van der Waals surface area (Å²) in [6.07, 6.45) is 2.48. The van der Waals surface area contributed by atoms with Crippen LogP contribution < -0.4 is 10.9 Å². The van der Waals surface area contributed by atoms with Gasteiger partial charge < -0.3 is 5.32 Å². The molecule has 0 atom stereocenters. The molecule has 0 saturated heterocycles. The lowest BCUT2D eigenvalue weighted by Crippen LogP contribution is -2.37.